The summed E-state index contributed by atoms with van der Waals surface area (Å²) < 4.78 is 12.5. The number of hydrogen-bond donors (Lipinski definition) is 1. The van der Waals surface area contributed by atoms with Crippen LogP contribution >= 0.6 is 15.9 Å². The molecule has 1 aromatic carbocycles. The number of alkyl halides is 1. The van der Waals surface area contributed by atoms with Gasteiger partial charge in [0.05, 0.1) is 0 Å². The molecule has 1 rings (SSSR count). The summed E-state index contributed by atoms with van der Waals surface area (Å²) in [5.41, 5.74) is 0.641. The SMILES string of the molecule is Oc1cc(F)ccc1C=CCCBr. The van der Waals surface area contributed by atoms with Crippen LogP contribution in [0.15, 0.2) is 24.3 Å². The lowest BCUT2D eigenvalue weighted by Gasteiger charge is -1.97. The Hall–Kier alpha value is -0.830. The molecule has 70 valence electrons. The van der Waals surface area contributed by atoms with E-state index >= 15 is 0 Å². The maximum absolute atomic E-state index is 12.5. The summed E-state index contributed by atoms with van der Waals surface area (Å²) in [6, 6.07) is 3.98. The zero-order valence-corrected chi connectivity index (χ0v) is 8.59. The van der Waals surface area contributed by atoms with Crippen molar-refractivity contribution in [3.63, 3.8) is 0 Å². The fourth-order valence-electron chi connectivity index (χ4n) is 0.931. The molecule has 0 saturated heterocycles. The molecular weight excluding hydrogens is 235 g/mol. The van der Waals surface area contributed by atoms with Gasteiger partial charge in [0.25, 0.3) is 0 Å². The highest BCUT2D eigenvalue weighted by molar-refractivity contribution is 9.09. The van der Waals surface area contributed by atoms with Crippen molar-refractivity contribution in [2.24, 2.45) is 0 Å². The molecule has 0 heterocycles. The molecule has 1 aromatic rings. The van der Waals surface area contributed by atoms with Crippen molar-refractivity contribution < 1.29 is 9.50 Å². The first-order valence-corrected chi connectivity index (χ1v) is 5.07. The summed E-state index contributed by atoms with van der Waals surface area (Å²) in [6.45, 7) is 0. The van der Waals surface area contributed by atoms with Gasteiger partial charge in [-0.1, -0.05) is 28.1 Å². The topological polar surface area (TPSA) is 20.2 Å². The predicted molar refractivity (Wildman–Crippen MR) is 55.5 cm³/mol. The zero-order chi connectivity index (χ0) is 9.68. The second-order valence-corrected chi connectivity index (χ2v) is 3.38. The third-order valence-corrected chi connectivity index (χ3v) is 2.02. The van der Waals surface area contributed by atoms with E-state index in [0.29, 0.717) is 5.56 Å². The molecule has 0 atom stereocenters. The lowest BCUT2D eigenvalue weighted by molar-refractivity contribution is 0.468. The molecule has 0 aromatic heterocycles. The molecule has 0 bridgehead atoms. The molecule has 0 radical (unpaired) electrons. The number of rotatable bonds is 3. The van der Waals surface area contributed by atoms with Crippen molar-refractivity contribution in [1.82, 2.24) is 0 Å². The van der Waals surface area contributed by atoms with E-state index in [2.05, 4.69) is 15.9 Å². The van der Waals surface area contributed by atoms with Crippen LogP contribution in [0, 0.1) is 5.82 Å². The van der Waals surface area contributed by atoms with Gasteiger partial charge in [0.2, 0.25) is 0 Å². The highest BCUT2D eigenvalue weighted by atomic mass is 79.9. The van der Waals surface area contributed by atoms with Crippen LogP contribution in [0.25, 0.3) is 6.08 Å². The molecule has 0 unspecified atom stereocenters. The van der Waals surface area contributed by atoms with Crippen LogP contribution < -0.4 is 0 Å². The van der Waals surface area contributed by atoms with E-state index in [0.717, 1.165) is 17.8 Å². The average molecular weight is 245 g/mol. The summed E-state index contributed by atoms with van der Waals surface area (Å²) in [7, 11) is 0. The summed E-state index contributed by atoms with van der Waals surface area (Å²) in [4.78, 5) is 0. The molecule has 3 heteroatoms. The van der Waals surface area contributed by atoms with Gasteiger partial charge in [0, 0.05) is 17.0 Å². The second-order valence-electron chi connectivity index (χ2n) is 2.58. The molecule has 0 saturated carbocycles. The number of hydrogen-bond acceptors (Lipinski definition) is 1. The van der Waals surface area contributed by atoms with E-state index in [1.165, 1.54) is 6.07 Å². The molecule has 0 amide bonds. The van der Waals surface area contributed by atoms with Crippen molar-refractivity contribution in [1.29, 1.82) is 0 Å². The van der Waals surface area contributed by atoms with Crippen molar-refractivity contribution in [3.05, 3.63) is 35.7 Å². The summed E-state index contributed by atoms with van der Waals surface area (Å²) >= 11 is 3.28. The minimum Gasteiger partial charge on any atom is -0.507 e. The van der Waals surface area contributed by atoms with Crippen LogP contribution in [0.2, 0.25) is 0 Å². The van der Waals surface area contributed by atoms with E-state index in [9.17, 15) is 9.50 Å². The van der Waals surface area contributed by atoms with Crippen molar-refractivity contribution >= 4 is 22.0 Å². The van der Waals surface area contributed by atoms with Crippen LogP contribution in [-0.2, 0) is 0 Å². The van der Waals surface area contributed by atoms with E-state index in [4.69, 9.17) is 0 Å². The van der Waals surface area contributed by atoms with Gasteiger partial charge in [-0.15, -0.1) is 0 Å². The third kappa shape index (κ3) is 3.19. The summed E-state index contributed by atoms with van der Waals surface area (Å²) in [5.74, 6) is -0.444. The smallest absolute Gasteiger partial charge is 0.126 e. The van der Waals surface area contributed by atoms with Crippen LogP contribution in [0.4, 0.5) is 4.39 Å². The van der Waals surface area contributed by atoms with Crippen molar-refractivity contribution in [3.8, 4) is 5.75 Å². The van der Waals surface area contributed by atoms with Gasteiger partial charge in [0.15, 0.2) is 0 Å². The van der Waals surface area contributed by atoms with Gasteiger partial charge in [-0.05, 0) is 18.6 Å². The minimum atomic E-state index is -0.421. The van der Waals surface area contributed by atoms with Gasteiger partial charge in [-0.2, -0.15) is 0 Å². The van der Waals surface area contributed by atoms with E-state index < -0.39 is 5.82 Å². The van der Waals surface area contributed by atoms with E-state index in [1.54, 1.807) is 12.1 Å². The second kappa shape index (κ2) is 5.02. The predicted octanol–water partition coefficient (Wildman–Crippen LogP) is 3.33. The lowest BCUT2D eigenvalue weighted by Crippen LogP contribution is -1.77. The molecule has 0 aliphatic carbocycles. The first-order chi connectivity index (χ1) is 6.24. The Morgan fingerprint density at radius 3 is 2.85 bits per heavy atom. The molecule has 1 nitrogen and oxygen atoms in total. The summed E-state index contributed by atoms with van der Waals surface area (Å²) in [5, 5.41) is 10.2. The number of aromatic hydroxyl groups is 1. The normalized spacial score (nSPS) is 10.9. The average Bonchev–Trinajstić information content (AvgIpc) is 2.09. The zero-order valence-electron chi connectivity index (χ0n) is 7.00. The molecule has 0 aliphatic heterocycles. The highest BCUT2D eigenvalue weighted by Crippen LogP contribution is 2.19. The number of halogens is 2. The fourth-order valence-corrected chi connectivity index (χ4v) is 1.20. The molecule has 0 aliphatic rings. The Bertz CT molecular complexity index is 310. The number of benzene rings is 1. The monoisotopic (exact) mass is 244 g/mol. The van der Waals surface area contributed by atoms with Crippen LogP contribution in [0.5, 0.6) is 5.75 Å². The third-order valence-electron chi connectivity index (χ3n) is 1.57. The van der Waals surface area contributed by atoms with Crippen molar-refractivity contribution in [2.75, 3.05) is 5.33 Å². The molecule has 0 fully saturated rings. The Kier molecular flexibility index (Phi) is 3.96. The molecule has 1 N–H and O–H groups in total. The number of allylic oxidation sites excluding steroid dienone is 1. The first-order valence-electron chi connectivity index (χ1n) is 3.95. The Morgan fingerprint density at radius 1 is 1.46 bits per heavy atom. The maximum Gasteiger partial charge on any atom is 0.126 e. The Labute approximate surface area is 85.0 Å². The highest BCUT2D eigenvalue weighted by Gasteiger charge is 1.97. The van der Waals surface area contributed by atoms with Gasteiger partial charge in [0.1, 0.15) is 11.6 Å². The quantitative estimate of drug-likeness (QED) is 0.810. The largest absolute Gasteiger partial charge is 0.507 e. The molecule has 13 heavy (non-hydrogen) atoms. The molecule has 0 spiro atoms. The maximum atomic E-state index is 12.5. The summed E-state index contributed by atoms with van der Waals surface area (Å²) in [6.07, 6.45) is 4.58. The van der Waals surface area contributed by atoms with Crippen LogP contribution in [0.3, 0.4) is 0 Å². The Balaban J connectivity index is 2.77. The Morgan fingerprint density at radius 2 is 2.23 bits per heavy atom. The van der Waals surface area contributed by atoms with Gasteiger partial charge in [-0.3, -0.25) is 0 Å². The number of phenols is 1. The first kappa shape index (κ1) is 10.3. The van der Waals surface area contributed by atoms with Crippen molar-refractivity contribution in [2.45, 2.75) is 6.42 Å². The van der Waals surface area contributed by atoms with Crippen LogP contribution in [-0.4, -0.2) is 10.4 Å². The molecular formula is C10H10BrFO. The standard InChI is InChI=1S/C10H10BrFO/c11-6-2-1-3-8-4-5-9(12)7-10(8)13/h1,3-5,7,13H,2,6H2. The van der Waals surface area contributed by atoms with Gasteiger partial charge in [-0.25, -0.2) is 4.39 Å². The lowest BCUT2D eigenvalue weighted by atomic mass is 10.2. The van der Waals surface area contributed by atoms with Gasteiger partial charge < -0.3 is 5.11 Å². The van der Waals surface area contributed by atoms with Crippen LogP contribution in [0.1, 0.15) is 12.0 Å². The van der Waals surface area contributed by atoms with E-state index in [1.807, 2.05) is 6.08 Å². The number of phenolic OH excluding ortho intramolecular Hbond substituents is 1. The van der Waals surface area contributed by atoms with Gasteiger partial charge >= 0.3 is 0 Å². The minimum absolute atomic E-state index is 0.0224. The fraction of sp³-hybridized carbons (Fsp3) is 0.200. The van der Waals surface area contributed by atoms with E-state index in [-0.39, 0.29) is 5.75 Å².